The van der Waals surface area contributed by atoms with Crippen LogP contribution in [0.3, 0.4) is 0 Å². The van der Waals surface area contributed by atoms with Gasteiger partial charge in [0.15, 0.2) is 0 Å². The zero-order valence-electron chi connectivity index (χ0n) is 9.10. The molecule has 1 atom stereocenters. The number of aliphatic carboxylic acids is 1. The number of carbonyl (C=O) groups is 1. The van der Waals surface area contributed by atoms with Gasteiger partial charge in [-0.1, -0.05) is 31.7 Å². The minimum atomic E-state index is -0.779. The molecule has 82 valence electrons. The van der Waals surface area contributed by atoms with Crippen molar-refractivity contribution >= 4 is 17.7 Å². The summed E-state index contributed by atoms with van der Waals surface area (Å²) < 4.78 is 0. The van der Waals surface area contributed by atoms with Gasteiger partial charge in [0.2, 0.25) is 0 Å². The number of pyridine rings is 1. The maximum atomic E-state index is 11.0. The van der Waals surface area contributed by atoms with Crippen LogP contribution in [-0.4, -0.2) is 21.3 Å². The molecule has 0 saturated carbocycles. The summed E-state index contributed by atoms with van der Waals surface area (Å²) in [4.78, 5) is 15.3. The van der Waals surface area contributed by atoms with Crippen LogP contribution in [-0.2, 0) is 4.79 Å². The molecule has 1 aromatic heterocycles. The van der Waals surface area contributed by atoms with Crippen LogP contribution in [0.2, 0.25) is 0 Å². The van der Waals surface area contributed by atoms with E-state index in [1.54, 1.807) is 0 Å². The Kier molecular flexibility index (Phi) is 4.15. The second kappa shape index (κ2) is 5.16. The smallest absolute Gasteiger partial charge is 0.317 e. The van der Waals surface area contributed by atoms with Gasteiger partial charge in [-0.3, -0.25) is 4.79 Å². The Balaban J connectivity index is 2.79. The molecule has 0 bridgehead atoms. The van der Waals surface area contributed by atoms with Crippen LogP contribution in [0.5, 0.6) is 0 Å². The van der Waals surface area contributed by atoms with E-state index in [1.807, 2.05) is 39.0 Å². The summed E-state index contributed by atoms with van der Waals surface area (Å²) in [5, 5.41) is 9.37. The van der Waals surface area contributed by atoms with Crippen molar-refractivity contribution in [3.05, 3.63) is 23.9 Å². The van der Waals surface area contributed by atoms with E-state index in [9.17, 15) is 4.79 Å². The third-order valence-corrected chi connectivity index (χ3v) is 3.43. The summed E-state index contributed by atoms with van der Waals surface area (Å²) in [6.45, 7) is 5.71. The van der Waals surface area contributed by atoms with Crippen LogP contribution in [0.1, 0.15) is 19.5 Å². The van der Waals surface area contributed by atoms with E-state index in [1.165, 1.54) is 11.8 Å². The van der Waals surface area contributed by atoms with Crippen LogP contribution in [0.4, 0.5) is 0 Å². The van der Waals surface area contributed by atoms with E-state index >= 15 is 0 Å². The molecule has 1 aromatic rings. The fraction of sp³-hybridized carbons (Fsp3) is 0.455. The van der Waals surface area contributed by atoms with Crippen molar-refractivity contribution in [1.82, 2.24) is 4.98 Å². The summed E-state index contributed by atoms with van der Waals surface area (Å²) in [6.07, 6.45) is 0. The van der Waals surface area contributed by atoms with Crippen LogP contribution >= 0.6 is 11.8 Å². The van der Waals surface area contributed by atoms with Crippen LogP contribution in [0.15, 0.2) is 23.2 Å². The lowest BCUT2D eigenvalue weighted by atomic mass is 10.1. The molecule has 0 radical (unpaired) electrons. The first-order chi connectivity index (χ1) is 7.00. The lowest BCUT2D eigenvalue weighted by molar-refractivity contribution is -0.137. The predicted molar refractivity (Wildman–Crippen MR) is 61.1 cm³/mol. The number of carboxylic acid groups (broad SMARTS) is 1. The second-order valence-corrected chi connectivity index (χ2v) is 4.90. The molecular weight excluding hydrogens is 210 g/mol. The highest BCUT2D eigenvalue weighted by molar-refractivity contribution is 8.00. The number of carboxylic acids is 1. The fourth-order valence-corrected chi connectivity index (χ4v) is 2.17. The first kappa shape index (κ1) is 12.0. The second-order valence-electron chi connectivity index (χ2n) is 3.74. The minimum Gasteiger partial charge on any atom is -0.480 e. The normalized spacial score (nSPS) is 12.8. The molecule has 0 aliphatic rings. The number of hydrogen-bond acceptors (Lipinski definition) is 3. The number of thioether (sulfide) groups is 1. The van der Waals surface area contributed by atoms with Gasteiger partial charge >= 0.3 is 5.97 Å². The fourth-order valence-electron chi connectivity index (χ4n) is 1.19. The summed E-state index contributed by atoms with van der Waals surface area (Å²) in [6, 6.07) is 5.63. The number of nitrogens with zero attached hydrogens (tertiary/aromatic N) is 1. The summed E-state index contributed by atoms with van der Waals surface area (Å²) in [5.41, 5.74) is 0.910. The summed E-state index contributed by atoms with van der Waals surface area (Å²) >= 11 is 1.31. The largest absolute Gasteiger partial charge is 0.480 e. The van der Waals surface area contributed by atoms with Crippen molar-refractivity contribution in [2.45, 2.75) is 31.0 Å². The molecule has 15 heavy (non-hydrogen) atoms. The van der Waals surface area contributed by atoms with Gasteiger partial charge < -0.3 is 5.11 Å². The molecule has 0 amide bonds. The molecule has 1 N–H and O–H groups in total. The average Bonchev–Trinajstić information content (AvgIpc) is 2.13. The number of rotatable bonds is 4. The van der Waals surface area contributed by atoms with Crippen molar-refractivity contribution in [3.8, 4) is 0 Å². The van der Waals surface area contributed by atoms with Gasteiger partial charge in [0.05, 0.1) is 5.03 Å². The highest BCUT2D eigenvalue weighted by atomic mass is 32.2. The Labute approximate surface area is 93.9 Å². The molecule has 0 aromatic carbocycles. The van der Waals surface area contributed by atoms with E-state index in [4.69, 9.17) is 5.11 Å². The maximum Gasteiger partial charge on any atom is 0.317 e. The molecule has 0 saturated heterocycles. The van der Waals surface area contributed by atoms with Crippen molar-refractivity contribution in [3.63, 3.8) is 0 Å². The minimum absolute atomic E-state index is 0.0924. The lowest BCUT2D eigenvalue weighted by Gasteiger charge is -2.14. The molecule has 4 heteroatoms. The summed E-state index contributed by atoms with van der Waals surface area (Å²) in [7, 11) is 0. The molecule has 0 fully saturated rings. The molecular formula is C11H15NO2S. The Morgan fingerprint density at radius 3 is 2.60 bits per heavy atom. The van der Waals surface area contributed by atoms with Gasteiger partial charge in [0, 0.05) is 5.69 Å². The van der Waals surface area contributed by atoms with Gasteiger partial charge in [-0.25, -0.2) is 4.98 Å². The van der Waals surface area contributed by atoms with Gasteiger partial charge in [-0.05, 0) is 25.0 Å². The van der Waals surface area contributed by atoms with Crippen LogP contribution < -0.4 is 0 Å². The zero-order chi connectivity index (χ0) is 11.4. The van der Waals surface area contributed by atoms with Crippen LogP contribution in [0, 0.1) is 12.8 Å². The van der Waals surface area contributed by atoms with Gasteiger partial charge in [-0.2, -0.15) is 0 Å². The standard InChI is InChI=1S/C11H15NO2S/c1-7(2)10(11(13)14)15-9-6-4-5-8(3)12-9/h4-7,10H,1-3H3,(H,13,14). The van der Waals surface area contributed by atoms with Gasteiger partial charge in [-0.15, -0.1) is 0 Å². The predicted octanol–water partition coefficient (Wildman–Crippen LogP) is 2.59. The molecule has 0 spiro atoms. The van der Waals surface area contributed by atoms with E-state index in [0.29, 0.717) is 0 Å². The van der Waals surface area contributed by atoms with Crippen LogP contribution in [0.25, 0.3) is 0 Å². The molecule has 0 aliphatic heterocycles. The van der Waals surface area contributed by atoms with Crippen molar-refractivity contribution < 1.29 is 9.90 Å². The van der Waals surface area contributed by atoms with E-state index in [0.717, 1.165) is 10.7 Å². The Bertz CT molecular complexity index is 352. The molecule has 3 nitrogen and oxygen atoms in total. The van der Waals surface area contributed by atoms with Crippen molar-refractivity contribution in [2.75, 3.05) is 0 Å². The third-order valence-electron chi connectivity index (χ3n) is 1.96. The van der Waals surface area contributed by atoms with E-state index in [-0.39, 0.29) is 5.92 Å². The molecule has 1 rings (SSSR count). The Morgan fingerprint density at radius 1 is 1.47 bits per heavy atom. The molecule has 0 aliphatic carbocycles. The Hall–Kier alpha value is -1.03. The number of hydrogen-bond donors (Lipinski definition) is 1. The monoisotopic (exact) mass is 225 g/mol. The molecule has 1 heterocycles. The first-order valence-electron chi connectivity index (χ1n) is 4.84. The first-order valence-corrected chi connectivity index (χ1v) is 5.72. The number of aromatic nitrogens is 1. The number of aryl methyl sites for hydroxylation is 1. The van der Waals surface area contributed by atoms with Gasteiger partial charge in [0.1, 0.15) is 5.25 Å². The average molecular weight is 225 g/mol. The van der Waals surface area contributed by atoms with E-state index < -0.39 is 11.2 Å². The zero-order valence-corrected chi connectivity index (χ0v) is 9.91. The van der Waals surface area contributed by atoms with Crippen molar-refractivity contribution in [1.29, 1.82) is 0 Å². The highest BCUT2D eigenvalue weighted by Crippen LogP contribution is 2.26. The quantitative estimate of drug-likeness (QED) is 0.800. The maximum absolute atomic E-state index is 11.0. The van der Waals surface area contributed by atoms with Crippen molar-refractivity contribution in [2.24, 2.45) is 5.92 Å². The SMILES string of the molecule is Cc1cccc(SC(C(=O)O)C(C)C)n1. The van der Waals surface area contributed by atoms with Gasteiger partial charge in [0.25, 0.3) is 0 Å². The van der Waals surface area contributed by atoms with E-state index in [2.05, 4.69) is 4.98 Å². The highest BCUT2D eigenvalue weighted by Gasteiger charge is 2.23. The topological polar surface area (TPSA) is 50.2 Å². The third kappa shape index (κ3) is 3.55. The molecule has 1 unspecified atom stereocenters. The Morgan fingerprint density at radius 2 is 2.13 bits per heavy atom. The lowest BCUT2D eigenvalue weighted by Crippen LogP contribution is -2.22. The summed E-state index contributed by atoms with van der Waals surface area (Å²) in [5.74, 6) is -0.687.